The Hall–Kier alpha value is -1.23. The Morgan fingerprint density at radius 3 is 2.59 bits per heavy atom. The van der Waals surface area contributed by atoms with Crippen molar-refractivity contribution in [3.63, 3.8) is 0 Å². The minimum absolute atomic E-state index is 0. The third-order valence-electron chi connectivity index (χ3n) is 4.44. The van der Waals surface area contributed by atoms with E-state index in [-0.39, 0.29) is 35.8 Å². The van der Waals surface area contributed by atoms with Gasteiger partial charge in [-0.15, -0.1) is 35.3 Å². The van der Waals surface area contributed by atoms with Crippen molar-refractivity contribution in [2.45, 2.75) is 12.6 Å². The average Bonchev–Trinajstić information content (AvgIpc) is 3.20. The maximum atomic E-state index is 13.3. The molecule has 1 aromatic heterocycles. The molecule has 1 fully saturated rings. The molecule has 5 nitrogen and oxygen atoms in total. The van der Waals surface area contributed by atoms with Crippen molar-refractivity contribution in [1.29, 1.82) is 0 Å². The van der Waals surface area contributed by atoms with E-state index in [0.29, 0.717) is 6.54 Å². The molecule has 0 radical (unpaired) electrons. The van der Waals surface area contributed by atoms with Crippen molar-refractivity contribution in [2.75, 3.05) is 39.9 Å². The van der Waals surface area contributed by atoms with Crippen LogP contribution in [-0.4, -0.2) is 50.8 Å². The van der Waals surface area contributed by atoms with Gasteiger partial charge in [0.2, 0.25) is 0 Å². The molecule has 0 saturated carbocycles. The molecule has 1 aliphatic rings. The van der Waals surface area contributed by atoms with Crippen LogP contribution in [0.1, 0.15) is 16.5 Å². The van der Waals surface area contributed by atoms with Crippen LogP contribution < -0.4 is 10.6 Å². The van der Waals surface area contributed by atoms with E-state index in [1.807, 2.05) is 18.2 Å². The quantitative estimate of drug-likeness (QED) is 0.361. The summed E-state index contributed by atoms with van der Waals surface area (Å²) in [6, 6.07) is 11.0. The Bertz CT molecular complexity index is 690. The minimum Gasteiger partial charge on any atom is -0.379 e. The van der Waals surface area contributed by atoms with Gasteiger partial charge in [0.1, 0.15) is 5.82 Å². The third-order valence-corrected chi connectivity index (χ3v) is 5.31. The van der Waals surface area contributed by atoms with Crippen molar-refractivity contribution in [2.24, 2.45) is 4.99 Å². The van der Waals surface area contributed by atoms with Crippen LogP contribution in [0.3, 0.4) is 0 Å². The van der Waals surface area contributed by atoms with E-state index in [0.717, 1.165) is 44.4 Å². The van der Waals surface area contributed by atoms with Crippen LogP contribution in [-0.2, 0) is 11.3 Å². The van der Waals surface area contributed by atoms with Crippen LogP contribution >= 0.6 is 35.3 Å². The number of morpholine rings is 1. The smallest absolute Gasteiger partial charge is 0.191 e. The second-order valence-electron chi connectivity index (χ2n) is 6.10. The number of guanidine groups is 1. The van der Waals surface area contributed by atoms with Gasteiger partial charge in [0.15, 0.2) is 5.96 Å². The summed E-state index contributed by atoms with van der Waals surface area (Å²) in [5.74, 6) is 0.551. The second-order valence-corrected chi connectivity index (χ2v) is 7.13. The highest BCUT2D eigenvalue weighted by Gasteiger charge is 2.23. The monoisotopic (exact) mass is 504 g/mol. The first-order valence-corrected chi connectivity index (χ1v) is 9.68. The number of thiophene rings is 1. The van der Waals surface area contributed by atoms with Crippen molar-refractivity contribution >= 4 is 41.3 Å². The largest absolute Gasteiger partial charge is 0.379 e. The predicted octanol–water partition coefficient (Wildman–Crippen LogP) is 3.24. The number of rotatable bonds is 6. The number of ether oxygens (including phenoxy) is 1. The fourth-order valence-electron chi connectivity index (χ4n) is 3.03. The predicted molar refractivity (Wildman–Crippen MR) is 119 cm³/mol. The number of hydrogen-bond donors (Lipinski definition) is 2. The molecule has 27 heavy (non-hydrogen) atoms. The summed E-state index contributed by atoms with van der Waals surface area (Å²) in [6.07, 6.45) is 0. The summed E-state index contributed by atoms with van der Waals surface area (Å²) in [5, 5.41) is 8.81. The third kappa shape index (κ3) is 6.70. The van der Waals surface area contributed by atoms with Gasteiger partial charge in [-0.3, -0.25) is 9.89 Å². The van der Waals surface area contributed by atoms with E-state index >= 15 is 0 Å². The molecular formula is C19H26FIN4OS. The molecule has 1 unspecified atom stereocenters. The van der Waals surface area contributed by atoms with Crippen molar-refractivity contribution < 1.29 is 9.13 Å². The lowest BCUT2D eigenvalue weighted by Gasteiger charge is -2.35. The second kappa shape index (κ2) is 11.6. The van der Waals surface area contributed by atoms with E-state index in [1.165, 1.54) is 17.0 Å². The van der Waals surface area contributed by atoms with Crippen molar-refractivity contribution in [3.8, 4) is 0 Å². The molecule has 2 aromatic rings. The van der Waals surface area contributed by atoms with Gasteiger partial charge in [-0.25, -0.2) is 4.39 Å². The Labute approximate surface area is 181 Å². The summed E-state index contributed by atoms with van der Waals surface area (Å²) >= 11 is 1.72. The summed E-state index contributed by atoms with van der Waals surface area (Å²) in [7, 11) is 1.77. The summed E-state index contributed by atoms with van der Waals surface area (Å²) in [6.45, 7) is 4.62. The lowest BCUT2D eigenvalue weighted by atomic mass is 10.0. The fraction of sp³-hybridized carbons (Fsp3) is 0.421. The van der Waals surface area contributed by atoms with E-state index in [9.17, 15) is 4.39 Å². The normalized spacial score (nSPS) is 16.4. The first-order valence-electron chi connectivity index (χ1n) is 8.80. The summed E-state index contributed by atoms with van der Waals surface area (Å²) in [4.78, 5) is 7.94. The molecule has 0 bridgehead atoms. The van der Waals surface area contributed by atoms with Gasteiger partial charge in [0.05, 0.1) is 25.8 Å². The lowest BCUT2D eigenvalue weighted by molar-refractivity contribution is 0.0170. The summed E-state index contributed by atoms with van der Waals surface area (Å²) in [5.41, 5.74) is 1.09. The van der Waals surface area contributed by atoms with E-state index in [1.54, 1.807) is 18.4 Å². The average molecular weight is 504 g/mol. The molecule has 0 aliphatic carbocycles. The van der Waals surface area contributed by atoms with E-state index < -0.39 is 0 Å². The fourth-order valence-corrected chi connectivity index (χ4v) is 3.67. The maximum absolute atomic E-state index is 13.3. The van der Waals surface area contributed by atoms with Gasteiger partial charge in [-0.2, -0.15) is 0 Å². The Morgan fingerprint density at radius 2 is 1.96 bits per heavy atom. The minimum atomic E-state index is -0.212. The maximum Gasteiger partial charge on any atom is 0.191 e. The molecule has 0 spiro atoms. The number of halogens is 2. The number of nitrogens with zero attached hydrogens (tertiary/aromatic N) is 2. The van der Waals surface area contributed by atoms with E-state index in [4.69, 9.17) is 4.74 Å². The molecule has 8 heteroatoms. The topological polar surface area (TPSA) is 48.9 Å². The SMILES string of the molecule is CN=C(NCc1cccs1)NCC(c1ccc(F)cc1)N1CCOCC1.I. The first-order chi connectivity index (χ1) is 12.8. The Morgan fingerprint density at radius 1 is 1.22 bits per heavy atom. The molecule has 1 atom stereocenters. The molecule has 2 heterocycles. The zero-order chi connectivity index (χ0) is 18.2. The molecular weight excluding hydrogens is 478 g/mol. The number of nitrogens with one attached hydrogen (secondary N) is 2. The molecule has 148 valence electrons. The molecule has 0 amide bonds. The number of hydrogen-bond acceptors (Lipinski definition) is 4. The van der Waals surface area contributed by atoms with Gasteiger partial charge < -0.3 is 15.4 Å². The molecule has 1 aromatic carbocycles. The highest BCUT2D eigenvalue weighted by molar-refractivity contribution is 14.0. The molecule has 1 saturated heterocycles. The van der Waals surface area contributed by atoms with E-state index in [2.05, 4.69) is 32.0 Å². The van der Waals surface area contributed by atoms with Crippen LogP contribution in [0.2, 0.25) is 0 Å². The highest BCUT2D eigenvalue weighted by atomic mass is 127. The molecule has 1 aliphatic heterocycles. The zero-order valence-corrected chi connectivity index (χ0v) is 18.5. The first kappa shape index (κ1) is 22.1. The lowest BCUT2D eigenvalue weighted by Crippen LogP contribution is -2.46. The van der Waals surface area contributed by atoms with Gasteiger partial charge in [-0.05, 0) is 29.1 Å². The highest BCUT2D eigenvalue weighted by Crippen LogP contribution is 2.21. The van der Waals surface area contributed by atoms with Crippen molar-refractivity contribution in [1.82, 2.24) is 15.5 Å². The van der Waals surface area contributed by atoms with Crippen molar-refractivity contribution in [3.05, 3.63) is 58.0 Å². The van der Waals surface area contributed by atoms with Gasteiger partial charge in [-0.1, -0.05) is 18.2 Å². The zero-order valence-electron chi connectivity index (χ0n) is 15.4. The Balaban J connectivity index is 0.00000261. The van der Waals surface area contributed by atoms with Crippen LogP contribution in [0, 0.1) is 5.82 Å². The summed E-state index contributed by atoms with van der Waals surface area (Å²) < 4.78 is 18.8. The molecule has 2 N–H and O–H groups in total. The Kier molecular flexibility index (Phi) is 9.46. The van der Waals surface area contributed by atoms with Crippen LogP contribution in [0.25, 0.3) is 0 Å². The molecule has 3 rings (SSSR count). The van der Waals surface area contributed by atoms with Gasteiger partial charge >= 0.3 is 0 Å². The van der Waals surface area contributed by atoms with Gasteiger partial charge in [0.25, 0.3) is 0 Å². The number of aliphatic imine (C=N–C) groups is 1. The number of benzene rings is 1. The van der Waals surface area contributed by atoms with Crippen LogP contribution in [0.15, 0.2) is 46.8 Å². The van der Waals surface area contributed by atoms with Crippen LogP contribution in [0.4, 0.5) is 4.39 Å². The van der Waals surface area contributed by atoms with Gasteiger partial charge in [0, 0.05) is 31.6 Å². The van der Waals surface area contributed by atoms with Crippen LogP contribution in [0.5, 0.6) is 0 Å². The standard InChI is InChI=1S/C19H25FN4OS.HI/c1-21-19(22-13-17-3-2-12-26-17)23-14-18(24-8-10-25-11-9-24)15-4-6-16(20)7-5-15;/h2-7,12,18H,8-11,13-14H2,1H3,(H2,21,22,23);1H.